The summed E-state index contributed by atoms with van der Waals surface area (Å²) in [7, 11) is 0. The smallest absolute Gasteiger partial charge is 0.123 e. The molecule has 0 amide bonds. The number of hydrogen-bond acceptors (Lipinski definition) is 4. The molecule has 4 rings (SSSR count). The third-order valence-electron chi connectivity index (χ3n) is 6.15. The molecule has 0 radical (unpaired) electrons. The molecule has 2 aliphatic rings. The van der Waals surface area contributed by atoms with Crippen LogP contribution in [0, 0.1) is 25.6 Å². The molecule has 6 heteroatoms. The maximum Gasteiger partial charge on any atom is 0.123 e. The van der Waals surface area contributed by atoms with Crippen LogP contribution in [0.3, 0.4) is 0 Å². The third kappa shape index (κ3) is 4.01. The van der Waals surface area contributed by atoms with Crippen LogP contribution in [0.2, 0.25) is 0 Å². The van der Waals surface area contributed by atoms with Crippen molar-refractivity contribution >= 4 is 5.69 Å². The Morgan fingerprint density at radius 2 is 1.96 bits per heavy atom. The molecule has 2 aliphatic heterocycles. The van der Waals surface area contributed by atoms with Crippen molar-refractivity contribution < 1.29 is 9.50 Å². The zero-order valence-corrected chi connectivity index (χ0v) is 16.2. The Labute approximate surface area is 160 Å². The lowest BCUT2D eigenvalue weighted by Gasteiger charge is -2.38. The predicted octanol–water partition coefficient (Wildman–Crippen LogP) is 2.67. The minimum atomic E-state index is -0.278. The minimum absolute atomic E-state index is 0.171. The van der Waals surface area contributed by atoms with E-state index in [9.17, 15) is 9.50 Å². The van der Waals surface area contributed by atoms with Crippen LogP contribution in [-0.4, -0.2) is 58.5 Å². The summed E-state index contributed by atoms with van der Waals surface area (Å²) < 4.78 is 13.4. The van der Waals surface area contributed by atoms with Gasteiger partial charge in [0.15, 0.2) is 0 Å². The number of aliphatic hydroxyl groups is 1. The van der Waals surface area contributed by atoms with Crippen molar-refractivity contribution in [3.8, 4) is 0 Å². The maximum absolute atomic E-state index is 13.4. The first-order chi connectivity index (χ1) is 13.0. The third-order valence-corrected chi connectivity index (χ3v) is 6.15. The Morgan fingerprint density at radius 3 is 2.63 bits per heavy atom. The van der Waals surface area contributed by atoms with Gasteiger partial charge in [0.25, 0.3) is 0 Å². The number of rotatable bonds is 4. The number of nitrogens with zero attached hydrogens (tertiary/aromatic N) is 3. The number of H-pyrrole nitrogens is 1. The number of anilines is 1. The number of aromatic nitrogens is 2. The Balaban J connectivity index is 1.33. The van der Waals surface area contributed by atoms with E-state index < -0.39 is 0 Å². The van der Waals surface area contributed by atoms with Crippen LogP contribution in [0.25, 0.3) is 0 Å². The van der Waals surface area contributed by atoms with Crippen LogP contribution in [-0.2, 0) is 6.42 Å². The van der Waals surface area contributed by atoms with E-state index in [0.717, 1.165) is 68.1 Å². The van der Waals surface area contributed by atoms with Gasteiger partial charge in [0, 0.05) is 49.5 Å². The van der Waals surface area contributed by atoms with Crippen LogP contribution in [0.15, 0.2) is 24.3 Å². The first-order valence-electron chi connectivity index (χ1n) is 9.93. The zero-order chi connectivity index (χ0) is 19.0. The average molecular weight is 372 g/mol. The second kappa shape index (κ2) is 7.60. The monoisotopic (exact) mass is 372 g/mol. The summed E-state index contributed by atoms with van der Waals surface area (Å²) in [5, 5.41) is 17.8. The molecule has 0 unspecified atom stereocenters. The summed E-state index contributed by atoms with van der Waals surface area (Å²) in [4.78, 5) is 4.82. The van der Waals surface area contributed by atoms with E-state index in [2.05, 4.69) is 26.1 Å². The van der Waals surface area contributed by atoms with Gasteiger partial charge in [-0.15, -0.1) is 0 Å². The van der Waals surface area contributed by atoms with E-state index in [0.29, 0.717) is 6.04 Å². The first kappa shape index (κ1) is 18.4. The van der Waals surface area contributed by atoms with Gasteiger partial charge in [-0.25, -0.2) is 4.39 Å². The van der Waals surface area contributed by atoms with Gasteiger partial charge >= 0.3 is 0 Å². The quantitative estimate of drug-likeness (QED) is 0.866. The lowest BCUT2D eigenvalue weighted by atomic mass is 9.99. The molecule has 0 aliphatic carbocycles. The van der Waals surface area contributed by atoms with E-state index in [1.807, 2.05) is 19.9 Å². The lowest BCUT2D eigenvalue weighted by molar-refractivity contribution is 0.131. The standard InChI is InChI=1S/C21H29FN4O/c1-14-9-17(22)3-4-20(14)25-7-5-19(6-8-25)26-12-16(21(27)13-26)11-18-10-15(2)23-24-18/h3-4,9-10,16,19,21,27H,5-8,11-13H2,1-2H3,(H,23,24)/t16-,21+/m1/s1. The van der Waals surface area contributed by atoms with Crippen LogP contribution in [0.1, 0.15) is 29.8 Å². The van der Waals surface area contributed by atoms with Crippen molar-refractivity contribution in [1.29, 1.82) is 0 Å². The Hall–Kier alpha value is -1.92. The number of aromatic amines is 1. The molecule has 146 valence electrons. The highest BCUT2D eigenvalue weighted by atomic mass is 19.1. The molecule has 0 spiro atoms. The molecule has 1 aromatic heterocycles. The molecule has 2 fully saturated rings. The van der Waals surface area contributed by atoms with Gasteiger partial charge in [-0.1, -0.05) is 0 Å². The fourth-order valence-electron chi connectivity index (χ4n) is 4.68. The van der Waals surface area contributed by atoms with Crippen molar-refractivity contribution in [3.63, 3.8) is 0 Å². The number of halogens is 1. The van der Waals surface area contributed by atoms with E-state index in [1.54, 1.807) is 12.1 Å². The number of piperidine rings is 1. The van der Waals surface area contributed by atoms with Crippen molar-refractivity contribution in [2.75, 3.05) is 31.1 Å². The van der Waals surface area contributed by atoms with Crippen molar-refractivity contribution in [3.05, 3.63) is 47.0 Å². The largest absolute Gasteiger partial charge is 0.391 e. The summed E-state index contributed by atoms with van der Waals surface area (Å²) in [5.74, 6) is 0.0837. The van der Waals surface area contributed by atoms with Gasteiger partial charge in [0.05, 0.1) is 11.8 Å². The van der Waals surface area contributed by atoms with Crippen molar-refractivity contribution in [2.45, 2.75) is 45.3 Å². The molecular weight excluding hydrogens is 343 g/mol. The van der Waals surface area contributed by atoms with Crippen molar-refractivity contribution in [2.24, 2.45) is 5.92 Å². The molecule has 5 nitrogen and oxygen atoms in total. The number of nitrogens with one attached hydrogen (secondary N) is 1. The molecular formula is C21H29FN4O. The van der Waals surface area contributed by atoms with E-state index in [-0.39, 0.29) is 17.8 Å². The number of aryl methyl sites for hydroxylation is 2. The molecule has 27 heavy (non-hydrogen) atoms. The molecule has 2 N–H and O–H groups in total. The topological polar surface area (TPSA) is 55.4 Å². The molecule has 0 saturated carbocycles. The normalized spacial score (nSPS) is 24.7. The fourth-order valence-corrected chi connectivity index (χ4v) is 4.68. The summed E-state index contributed by atoms with van der Waals surface area (Å²) in [6, 6.07) is 7.64. The second-order valence-electron chi connectivity index (χ2n) is 8.18. The average Bonchev–Trinajstić information content (AvgIpc) is 3.21. The van der Waals surface area contributed by atoms with E-state index in [1.165, 1.54) is 0 Å². The molecule has 2 saturated heterocycles. The number of hydrogen-bond donors (Lipinski definition) is 2. The summed E-state index contributed by atoms with van der Waals surface area (Å²) >= 11 is 0. The summed E-state index contributed by atoms with van der Waals surface area (Å²) in [5.41, 5.74) is 4.25. The molecule has 0 bridgehead atoms. The highest BCUT2D eigenvalue weighted by molar-refractivity contribution is 5.53. The van der Waals surface area contributed by atoms with Crippen LogP contribution < -0.4 is 4.90 Å². The second-order valence-corrected chi connectivity index (χ2v) is 8.18. The fraction of sp³-hybridized carbons (Fsp3) is 0.571. The summed E-state index contributed by atoms with van der Waals surface area (Å²) in [6.45, 7) is 7.63. The number of aliphatic hydroxyl groups excluding tert-OH is 1. The summed E-state index contributed by atoms with van der Waals surface area (Å²) in [6.07, 6.45) is 2.71. The first-order valence-corrected chi connectivity index (χ1v) is 9.93. The zero-order valence-electron chi connectivity index (χ0n) is 16.2. The minimum Gasteiger partial charge on any atom is -0.391 e. The van der Waals surface area contributed by atoms with Crippen LogP contribution >= 0.6 is 0 Å². The molecule has 2 atom stereocenters. The molecule has 2 aromatic rings. The Kier molecular flexibility index (Phi) is 5.19. The van der Waals surface area contributed by atoms with Gasteiger partial charge in [0.1, 0.15) is 5.82 Å². The number of β-amino-alcohol motifs (C(OH)–C–C–N with tert-alkyl or cyclic N) is 1. The SMILES string of the molecule is Cc1cc(C[C@@H]2CN(C3CCN(c4ccc(F)cc4C)CC3)C[C@@H]2O)n[nH]1. The van der Waals surface area contributed by atoms with Crippen molar-refractivity contribution in [1.82, 2.24) is 15.1 Å². The van der Waals surface area contributed by atoms with Gasteiger partial charge in [-0.05, 0) is 62.9 Å². The van der Waals surface area contributed by atoms with Gasteiger partial charge < -0.3 is 10.0 Å². The predicted molar refractivity (Wildman–Crippen MR) is 104 cm³/mol. The van der Waals surface area contributed by atoms with Crippen LogP contribution in [0.5, 0.6) is 0 Å². The highest BCUT2D eigenvalue weighted by Crippen LogP contribution is 2.30. The van der Waals surface area contributed by atoms with E-state index >= 15 is 0 Å². The van der Waals surface area contributed by atoms with E-state index in [4.69, 9.17) is 0 Å². The Bertz CT molecular complexity index is 784. The molecule has 3 heterocycles. The lowest BCUT2D eigenvalue weighted by Crippen LogP contribution is -2.44. The van der Waals surface area contributed by atoms with Gasteiger partial charge in [0.2, 0.25) is 0 Å². The highest BCUT2D eigenvalue weighted by Gasteiger charge is 2.36. The van der Waals surface area contributed by atoms with Gasteiger partial charge in [-0.2, -0.15) is 5.10 Å². The van der Waals surface area contributed by atoms with Crippen LogP contribution in [0.4, 0.5) is 10.1 Å². The maximum atomic E-state index is 13.4. The molecule has 1 aromatic carbocycles. The Morgan fingerprint density at radius 1 is 1.19 bits per heavy atom. The number of benzene rings is 1. The van der Waals surface area contributed by atoms with Gasteiger partial charge in [-0.3, -0.25) is 10.00 Å². The number of likely N-dealkylation sites (tertiary alicyclic amines) is 1.